The first-order valence-corrected chi connectivity index (χ1v) is 10.0. The van der Waals surface area contributed by atoms with Crippen molar-refractivity contribution in [1.29, 1.82) is 0 Å². The van der Waals surface area contributed by atoms with Gasteiger partial charge in [-0.25, -0.2) is 4.98 Å². The van der Waals surface area contributed by atoms with Gasteiger partial charge >= 0.3 is 0 Å². The van der Waals surface area contributed by atoms with Gasteiger partial charge in [0.25, 0.3) is 5.91 Å². The van der Waals surface area contributed by atoms with E-state index in [4.69, 9.17) is 0 Å². The van der Waals surface area contributed by atoms with E-state index in [0.29, 0.717) is 25.3 Å². The van der Waals surface area contributed by atoms with E-state index in [2.05, 4.69) is 30.3 Å². The Balaban J connectivity index is 1.32. The summed E-state index contributed by atoms with van der Waals surface area (Å²) in [6.45, 7) is 2.72. The summed E-state index contributed by atoms with van der Waals surface area (Å²) in [5, 5.41) is 7.49. The maximum absolute atomic E-state index is 12.8. The standard InChI is InChI=1S/C22H23N7O/c1-28-19-8-10-29(14-20-25-17-6-2-3-7-18(17)26-20)13-16(19)21(27-28)22(30)24-12-15-5-4-9-23-11-15/h2-7,9,11H,8,10,12-14H2,1H3,(H,24,30)(H,25,26). The summed E-state index contributed by atoms with van der Waals surface area (Å²) in [5.74, 6) is 0.785. The number of aromatic amines is 1. The van der Waals surface area contributed by atoms with E-state index in [-0.39, 0.29) is 5.91 Å². The number of H-pyrrole nitrogens is 1. The number of benzene rings is 1. The van der Waals surface area contributed by atoms with Gasteiger partial charge in [-0.05, 0) is 23.8 Å². The summed E-state index contributed by atoms with van der Waals surface area (Å²) < 4.78 is 1.84. The molecule has 0 fully saturated rings. The average Bonchev–Trinajstić information content (AvgIpc) is 3.33. The number of fused-ring (bicyclic) bond motifs is 2. The van der Waals surface area contributed by atoms with E-state index in [1.165, 1.54) is 0 Å². The van der Waals surface area contributed by atoms with Gasteiger partial charge < -0.3 is 10.3 Å². The summed E-state index contributed by atoms with van der Waals surface area (Å²) in [5.41, 5.74) is 5.61. The first kappa shape index (κ1) is 18.5. The number of aromatic nitrogens is 5. The zero-order valence-electron chi connectivity index (χ0n) is 16.8. The van der Waals surface area contributed by atoms with Gasteiger partial charge in [0.15, 0.2) is 5.69 Å². The molecule has 8 heteroatoms. The molecular formula is C22H23N7O. The summed E-state index contributed by atoms with van der Waals surface area (Å²) in [7, 11) is 1.91. The number of imidazole rings is 1. The molecule has 4 aromatic rings. The second-order valence-electron chi connectivity index (χ2n) is 7.60. The first-order chi connectivity index (χ1) is 14.7. The van der Waals surface area contributed by atoms with E-state index >= 15 is 0 Å². The second kappa shape index (κ2) is 7.72. The minimum atomic E-state index is -0.152. The molecule has 4 heterocycles. The number of carbonyl (C=O) groups is 1. The third kappa shape index (κ3) is 3.57. The lowest BCUT2D eigenvalue weighted by atomic mass is 10.0. The van der Waals surface area contributed by atoms with Gasteiger partial charge in [-0.15, -0.1) is 0 Å². The molecule has 0 spiro atoms. The van der Waals surface area contributed by atoms with E-state index in [1.54, 1.807) is 12.4 Å². The summed E-state index contributed by atoms with van der Waals surface area (Å²) >= 11 is 0. The molecule has 1 aromatic carbocycles. The number of carbonyl (C=O) groups excluding carboxylic acids is 1. The number of aryl methyl sites for hydroxylation is 1. The van der Waals surface area contributed by atoms with Crippen molar-refractivity contribution in [2.75, 3.05) is 6.54 Å². The van der Waals surface area contributed by atoms with Gasteiger partial charge in [0, 0.05) is 56.8 Å². The lowest BCUT2D eigenvalue weighted by Crippen LogP contribution is -2.32. The van der Waals surface area contributed by atoms with Crippen LogP contribution in [0, 0.1) is 0 Å². The lowest BCUT2D eigenvalue weighted by molar-refractivity contribution is 0.0942. The zero-order chi connectivity index (χ0) is 20.5. The number of rotatable bonds is 5. The van der Waals surface area contributed by atoms with Gasteiger partial charge in [-0.3, -0.25) is 19.4 Å². The van der Waals surface area contributed by atoms with Crippen molar-refractivity contribution >= 4 is 16.9 Å². The molecule has 2 N–H and O–H groups in total. The first-order valence-electron chi connectivity index (χ1n) is 10.0. The number of nitrogens with zero attached hydrogens (tertiary/aromatic N) is 5. The largest absolute Gasteiger partial charge is 0.346 e. The molecule has 0 saturated carbocycles. The summed E-state index contributed by atoms with van der Waals surface area (Å²) in [6.07, 6.45) is 4.33. The fourth-order valence-electron chi connectivity index (χ4n) is 4.03. The smallest absolute Gasteiger partial charge is 0.272 e. The molecule has 30 heavy (non-hydrogen) atoms. The van der Waals surface area contributed by atoms with Crippen LogP contribution in [0.5, 0.6) is 0 Å². The van der Waals surface area contributed by atoms with Gasteiger partial charge in [0.1, 0.15) is 5.82 Å². The lowest BCUT2D eigenvalue weighted by Gasteiger charge is -2.26. The number of pyridine rings is 1. The van der Waals surface area contributed by atoms with Crippen LogP contribution in [0.2, 0.25) is 0 Å². The molecule has 0 atom stereocenters. The Kier molecular flexibility index (Phi) is 4.76. The third-order valence-corrected chi connectivity index (χ3v) is 5.52. The topological polar surface area (TPSA) is 91.7 Å². The van der Waals surface area contributed by atoms with Gasteiger partial charge in [-0.2, -0.15) is 5.10 Å². The predicted molar refractivity (Wildman–Crippen MR) is 113 cm³/mol. The maximum atomic E-state index is 12.8. The zero-order valence-corrected chi connectivity index (χ0v) is 16.8. The maximum Gasteiger partial charge on any atom is 0.272 e. The highest BCUT2D eigenvalue weighted by atomic mass is 16.1. The molecule has 1 amide bonds. The van der Waals surface area contributed by atoms with Crippen molar-refractivity contribution in [2.24, 2.45) is 7.05 Å². The van der Waals surface area contributed by atoms with Crippen LogP contribution < -0.4 is 5.32 Å². The van der Waals surface area contributed by atoms with Crippen LogP contribution in [0.3, 0.4) is 0 Å². The molecule has 5 rings (SSSR count). The van der Waals surface area contributed by atoms with E-state index < -0.39 is 0 Å². The molecule has 0 aliphatic carbocycles. The van der Waals surface area contributed by atoms with Crippen LogP contribution in [0.1, 0.15) is 33.1 Å². The monoisotopic (exact) mass is 401 g/mol. The second-order valence-corrected chi connectivity index (χ2v) is 7.60. The van der Waals surface area contributed by atoms with Crippen LogP contribution in [0.15, 0.2) is 48.8 Å². The quantitative estimate of drug-likeness (QED) is 0.535. The van der Waals surface area contributed by atoms with Gasteiger partial charge in [0.2, 0.25) is 0 Å². The number of nitrogens with one attached hydrogen (secondary N) is 2. The SMILES string of the molecule is Cn1nc(C(=O)NCc2cccnc2)c2c1CCN(Cc1nc3ccccc3[nH]1)C2. The summed E-state index contributed by atoms with van der Waals surface area (Å²) in [4.78, 5) is 27.3. The van der Waals surface area contributed by atoms with Gasteiger partial charge in [0.05, 0.1) is 17.6 Å². The average molecular weight is 401 g/mol. The highest BCUT2D eigenvalue weighted by Gasteiger charge is 2.27. The molecule has 8 nitrogen and oxygen atoms in total. The molecule has 0 bridgehead atoms. The molecule has 152 valence electrons. The number of para-hydroxylation sites is 2. The van der Waals surface area contributed by atoms with Gasteiger partial charge in [-0.1, -0.05) is 18.2 Å². The minimum Gasteiger partial charge on any atom is -0.346 e. The Morgan fingerprint density at radius 1 is 1.23 bits per heavy atom. The Bertz CT molecular complexity index is 1160. The van der Waals surface area contributed by atoms with Crippen molar-refractivity contribution < 1.29 is 4.79 Å². The van der Waals surface area contributed by atoms with Crippen molar-refractivity contribution in [3.63, 3.8) is 0 Å². The van der Waals surface area contributed by atoms with E-state index in [9.17, 15) is 4.79 Å². The number of hydrogen-bond acceptors (Lipinski definition) is 5. The van der Waals surface area contributed by atoms with Crippen LogP contribution in [-0.2, 0) is 33.1 Å². The van der Waals surface area contributed by atoms with E-state index in [1.807, 2.05) is 48.1 Å². The van der Waals surface area contributed by atoms with Crippen molar-refractivity contribution in [1.82, 2.24) is 34.9 Å². The Morgan fingerprint density at radius 2 is 2.13 bits per heavy atom. The number of amides is 1. The molecule has 0 saturated heterocycles. The molecule has 0 radical (unpaired) electrons. The molecule has 0 unspecified atom stereocenters. The molecule has 1 aliphatic rings. The molecule has 3 aromatic heterocycles. The predicted octanol–water partition coefficient (Wildman–Crippen LogP) is 2.18. The van der Waals surface area contributed by atoms with Crippen LogP contribution >= 0.6 is 0 Å². The Hall–Kier alpha value is -3.52. The van der Waals surface area contributed by atoms with Crippen molar-refractivity contribution in [2.45, 2.75) is 26.1 Å². The van der Waals surface area contributed by atoms with Crippen LogP contribution in [0.4, 0.5) is 0 Å². The Labute approximate surface area is 174 Å². The van der Waals surface area contributed by atoms with Crippen molar-refractivity contribution in [3.05, 3.63) is 77.1 Å². The summed E-state index contributed by atoms with van der Waals surface area (Å²) in [6, 6.07) is 11.8. The fraction of sp³-hybridized carbons (Fsp3) is 0.273. The highest BCUT2D eigenvalue weighted by molar-refractivity contribution is 5.94. The van der Waals surface area contributed by atoms with Crippen LogP contribution in [0.25, 0.3) is 11.0 Å². The fourth-order valence-corrected chi connectivity index (χ4v) is 4.03. The molecule has 1 aliphatic heterocycles. The molecular weight excluding hydrogens is 378 g/mol. The third-order valence-electron chi connectivity index (χ3n) is 5.52. The van der Waals surface area contributed by atoms with E-state index in [0.717, 1.165) is 46.6 Å². The van der Waals surface area contributed by atoms with Crippen LogP contribution in [-0.4, -0.2) is 42.1 Å². The normalized spacial score (nSPS) is 14.0. The Morgan fingerprint density at radius 3 is 2.97 bits per heavy atom. The van der Waals surface area contributed by atoms with Crippen molar-refractivity contribution in [3.8, 4) is 0 Å². The minimum absolute atomic E-state index is 0.152. The highest BCUT2D eigenvalue weighted by Crippen LogP contribution is 2.23. The number of hydrogen-bond donors (Lipinski definition) is 2.